The second-order valence-corrected chi connectivity index (χ2v) is 8.76. The largest absolute Gasteiger partial charge is 0.369 e. The lowest BCUT2D eigenvalue weighted by Gasteiger charge is -2.36. The second-order valence-electron chi connectivity index (χ2n) is 8.76. The van der Waals surface area contributed by atoms with Crippen LogP contribution in [-0.4, -0.2) is 64.9 Å². The summed E-state index contributed by atoms with van der Waals surface area (Å²) in [6.45, 7) is 5.24. The Labute approximate surface area is 178 Å². The average Bonchev–Trinajstić information content (AvgIpc) is 3.08. The van der Waals surface area contributed by atoms with Crippen LogP contribution in [0.1, 0.15) is 29.8 Å². The van der Waals surface area contributed by atoms with E-state index in [2.05, 4.69) is 54.6 Å². The molecule has 5 rings (SSSR count). The molecular formula is C23H31N7. The van der Waals surface area contributed by atoms with Gasteiger partial charge in [-0.05, 0) is 49.4 Å². The Morgan fingerprint density at radius 1 is 1.00 bits per heavy atom. The molecule has 1 aliphatic carbocycles. The molecule has 0 saturated carbocycles. The van der Waals surface area contributed by atoms with Crippen LogP contribution in [0.25, 0.3) is 10.9 Å². The van der Waals surface area contributed by atoms with Crippen molar-refractivity contribution in [3.8, 4) is 0 Å². The quantitative estimate of drug-likeness (QED) is 0.665. The van der Waals surface area contributed by atoms with Crippen LogP contribution >= 0.6 is 0 Å². The highest BCUT2D eigenvalue weighted by atomic mass is 15.3. The lowest BCUT2D eigenvalue weighted by Crippen LogP contribution is -2.46. The Morgan fingerprint density at radius 3 is 2.60 bits per heavy atom. The molecule has 2 aromatic heterocycles. The van der Waals surface area contributed by atoms with Crippen molar-refractivity contribution in [3.63, 3.8) is 0 Å². The van der Waals surface area contributed by atoms with Gasteiger partial charge in [-0.1, -0.05) is 0 Å². The Kier molecular flexibility index (Phi) is 5.06. The Hall–Kier alpha value is -2.67. The molecule has 3 aromatic rings. The second kappa shape index (κ2) is 7.87. The number of piperazine rings is 1. The van der Waals surface area contributed by atoms with Gasteiger partial charge in [-0.15, -0.1) is 0 Å². The molecule has 0 bridgehead atoms. The van der Waals surface area contributed by atoms with Gasteiger partial charge in [0.1, 0.15) is 12.1 Å². The molecule has 158 valence electrons. The van der Waals surface area contributed by atoms with Crippen LogP contribution in [0.3, 0.4) is 0 Å². The highest BCUT2D eigenvalue weighted by Gasteiger charge is 2.23. The summed E-state index contributed by atoms with van der Waals surface area (Å²) in [5, 5.41) is 5.91. The van der Waals surface area contributed by atoms with Crippen LogP contribution < -0.4 is 9.80 Å². The first-order valence-corrected chi connectivity index (χ1v) is 11.0. The molecule has 1 saturated heterocycles. The van der Waals surface area contributed by atoms with Crippen molar-refractivity contribution >= 4 is 22.4 Å². The molecule has 30 heavy (non-hydrogen) atoms. The Balaban J connectivity index is 1.30. The summed E-state index contributed by atoms with van der Waals surface area (Å²) in [7, 11) is 6.18. The first-order valence-electron chi connectivity index (χ1n) is 11.0. The maximum absolute atomic E-state index is 4.79. The van der Waals surface area contributed by atoms with Gasteiger partial charge in [0.25, 0.3) is 0 Å². The molecular weight excluding hydrogens is 374 g/mol. The average molecular weight is 406 g/mol. The standard InChI is InChI=1S/C23H31N7/c1-27(2)23-19-14-17(8-9-20(19)24-16-25-23)30-12-10-29(11-13-30)15-22-18-6-4-5-7-21(18)26-28(22)3/h8-9,14,16H,4-7,10-13,15H2,1-3H3. The minimum atomic E-state index is 0.974. The minimum Gasteiger partial charge on any atom is -0.369 e. The zero-order valence-corrected chi connectivity index (χ0v) is 18.3. The van der Waals surface area contributed by atoms with E-state index in [1.54, 1.807) is 6.33 Å². The van der Waals surface area contributed by atoms with Gasteiger partial charge in [0.15, 0.2) is 0 Å². The number of benzene rings is 1. The molecule has 1 aliphatic heterocycles. The summed E-state index contributed by atoms with van der Waals surface area (Å²) < 4.78 is 2.13. The van der Waals surface area contributed by atoms with Crippen molar-refractivity contribution in [2.45, 2.75) is 32.2 Å². The molecule has 0 amide bonds. The van der Waals surface area contributed by atoms with Crippen LogP contribution in [-0.2, 0) is 26.4 Å². The minimum absolute atomic E-state index is 0.974. The van der Waals surface area contributed by atoms with E-state index in [9.17, 15) is 0 Å². The van der Waals surface area contributed by atoms with Crippen LogP contribution in [0.4, 0.5) is 11.5 Å². The zero-order valence-electron chi connectivity index (χ0n) is 18.3. The zero-order chi connectivity index (χ0) is 20.7. The molecule has 1 fully saturated rings. The fourth-order valence-corrected chi connectivity index (χ4v) is 4.91. The van der Waals surface area contributed by atoms with Gasteiger partial charge < -0.3 is 9.80 Å². The summed E-state index contributed by atoms with van der Waals surface area (Å²) in [4.78, 5) is 16.0. The van der Waals surface area contributed by atoms with E-state index >= 15 is 0 Å². The Morgan fingerprint density at radius 2 is 1.80 bits per heavy atom. The monoisotopic (exact) mass is 405 g/mol. The number of rotatable bonds is 4. The topological polar surface area (TPSA) is 53.3 Å². The highest BCUT2D eigenvalue weighted by Crippen LogP contribution is 2.28. The first kappa shape index (κ1) is 19.3. The SMILES string of the molecule is CN(C)c1ncnc2ccc(N3CCN(Cc4c5c(nn4C)CCCC5)CC3)cc12. The molecule has 3 heterocycles. The van der Waals surface area contributed by atoms with E-state index in [0.29, 0.717) is 0 Å². The molecule has 0 atom stereocenters. The summed E-state index contributed by atoms with van der Waals surface area (Å²) in [5.41, 5.74) is 6.55. The maximum Gasteiger partial charge on any atom is 0.139 e. The van der Waals surface area contributed by atoms with E-state index < -0.39 is 0 Å². The number of aromatic nitrogens is 4. The third kappa shape index (κ3) is 3.51. The van der Waals surface area contributed by atoms with E-state index in [0.717, 1.165) is 55.9 Å². The van der Waals surface area contributed by atoms with Crippen LogP contribution in [0, 0.1) is 0 Å². The van der Waals surface area contributed by atoms with E-state index in [4.69, 9.17) is 5.10 Å². The van der Waals surface area contributed by atoms with Crippen molar-refractivity contribution in [2.75, 3.05) is 50.1 Å². The molecule has 7 nitrogen and oxygen atoms in total. The molecule has 0 N–H and O–H groups in total. The smallest absolute Gasteiger partial charge is 0.139 e. The molecule has 1 aromatic carbocycles. The van der Waals surface area contributed by atoms with E-state index in [1.807, 2.05) is 14.1 Å². The van der Waals surface area contributed by atoms with Gasteiger partial charge >= 0.3 is 0 Å². The molecule has 2 aliphatic rings. The van der Waals surface area contributed by atoms with Crippen molar-refractivity contribution < 1.29 is 0 Å². The summed E-state index contributed by atoms with van der Waals surface area (Å²) in [6, 6.07) is 6.56. The van der Waals surface area contributed by atoms with Crippen LogP contribution in [0.15, 0.2) is 24.5 Å². The summed E-state index contributed by atoms with van der Waals surface area (Å²) in [5.74, 6) is 0.974. The number of hydrogen-bond acceptors (Lipinski definition) is 6. The van der Waals surface area contributed by atoms with Gasteiger partial charge in [-0.25, -0.2) is 9.97 Å². The van der Waals surface area contributed by atoms with Crippen molar-refractivity contribution in [3.05, 3.63) is 41.5 Å². The maximum atomic E-state index is 4.79. The van der Waals surface area contributed by atoms with Gasteiger partial charge in [0, 0.05) is 64.9 Å². The van der Waals surface area contributed by atoms with Gasteiger partial charge in [-0.3, -0.25) is 9.58 Å². The first-order chi connectivity index (χ1) is 14.6. The van der Waals surface area contributed by atoms with Crippen molar-refractivity contribution in [1.29, 1.82) is 0 Å². The predicted octanol–water partition coefficient (Wildman–Crippen LogP) is 2.63. The third-order valence-corrected chi connectivity index (χ3v) is 6.58. The van der Waals surface area contributed by atoms with Crippen molar-refractivity contribution in [2.24, 2.45) is 7.05 Å². The van der Waals surface area contributed by atoms with Crippen molar-refractivity contribution in [1.82, 2.24) is 24.6 Å². The van der Waals surface area contributed by atoms with Gasteiger partial charge in [-0.2, -0.15) is 5.10 Å². The van der Waals surface area contributed by atoms with Crippen LogP contribution in [0.5, 0.6) is 0 Å². The number of aryl methyl sites for hydroxylation is 2. The van der Waals surface area contributed by atoms with E-state index in [-0.39, 0.29) is 0 Å². The molecule has 0 spiro atoms. The molecule has 7 heteroatoms. The fourth-order valence-electron chi connectivity index (χ4n) is 4.91. The number of hydrogen-bond donors (Lipinski definition) is 0. The summed E-state index contributed by atoms with van der Waals surface area (Å²) in [6.07, 6.45) is 6.59. The normalized spacial score (nSPS) is 17.4. The lowest BCUT2D eigenvalue weighted by atomic mass is 9.95. The number of nitrogens with zero attached hydrogens (tertiary/aromatic N) is 7. The number of anilines is 2. The molecule has 0 radical (unpaired) electrons. The van der Waals surface area contributed by atoms with Gasteiger partial charge in [0.05, 0.1) is 16.9 Å². The third-order valence-electron chi connectivity index (χ3n) is 6.58. The fraction of sp³-hybridized carbons (Fsp3) is 0.522. The Bertz CT molecular complexity index is 1050. The lowest BCUT2D eigenvalue weighted by molar-refractivity contribution is 0.243. The van der Waals surface area contributed by atoms with Gasteiger partial charge in [0.2, 0.25) is 0 Å². The van der Waals surface area contributed by atoms with E-state index in [1.165, 1.54) is 41.9 Å². The summed E-state index contributed by atoms with van der Waals surface area (Å²) >= 11 is 0. The number of fused-ring (bicyclic) bond motifs is 2. The molecule has 0 unspecified atom stereocenters. The highest BCUT2D eigenvalue weighted by molar-refractivity contribution is 5.91. The predicted molar refractivity (Wildman–Crippen MR) is 121 cm³/mol. The van der Waals surface area contributed by atoms with Crippen LogP contribution in [0.2, 0.25) is 0 Å².